The molecule has 1 aromatic heterocycles. The van der Waals surface area contributed by atoms with Gasteiger partial charge in [0.25, 0.3) is 5.91 Å². The molecule has 8 nitrogen and oxygen atoms in total. The lowest BCUT2D eigenvalue weighted by atomic mass is 9.52. The molecule has 9 heteroatoms. The van der Waals surface area contributed by atoms with Crippen LogP contribution in [-0.4, -0.2) is 72.3 Å². The van der Waals surface area contributed by atoms with Crippen molar-refractivity contribution in [1.29, 1.82) is 0 Å². The fourth-order valence-electron chi connectivity index (χ4n) is 6.72. The van der Waals surface area contributed by atoms with E-state index in [9.17, 15) is 18.3 Å². The maximum Gasteiger partial charge on any atom is 0.270 e. The molecule has 1 saturated heterocycles. The number of hydrogen-bond donors (Lipinski definition) is 2. The Balaban J connectivity index is 1.28. The van der Waals surface area contributed by atoms with Gasteiger partial charge in [-0.15, -0.1) is 0 Å². The Bertz CT molecular complexity index is 967. The number of aliphatic hydroxyl groups is 1. The molecule has 1 aliphatic heterocycles. The Morgan fingerprint density at radius 3 is 2.52 bits per heavy atom. The number of pyridine rings is 1. The molecule has 4 bridgehead atoms. The van der Waals surface area contributed by atoms with Gasteiger partial charge in [0.15, 0.2) is 0 Å². The predicted molar refractivity (Wildman–Crippen MR) is 117 cm³/mol. The van der Waals surface area contributed by atoms with Crippen LogP contribution in [0.1, 0.15) is 49.5 Å². The third-order valence-electron chi connectivity index (χ3n) is 7.86. The van der Waals surface area contributed by atoms with E-state index in [2.05, 4.69) is 15.2 Å². The second-order valence-corrected chi connectivity index (χ2v) is 12.2. The normalized spacial score (nSPS) is 37.8. The summed E-state index contributed by atoms with van der Waals surface area (Å²) in [6.07, 6.45) is 5.94. The molecule has 5 aliphatic rings. The fourth-order valence-corrected chi connectivity index (χ4v) is 7.62. The van der Waals surface area contributed by atoms with Crippen molar-refractivity contribution in [3.05, 3.63) is 23.9 Å². The lowest BCUT2D eigenvalue weighted by molar-refractivity contribution is -0.136. The lowest BCUT2D eigenvalue weighted by Gasteiger charge is -2.58. The number of anilines is 1. The molecule has 3 atom stereocenters. The zero-order valence-corrected chi connectivity index (χ0v) is 19.0. The van der Waals surface area contributed by atoms with E-state index in [1.807, 2.05) is 19.1 Å². The first kappa shape index (κ1) is 21.2. The van der Waals surface area contributed by atoms with Crippen molar-refractivity contribution < 1.29 is 18.3 Å². The zero-order valence-electron chi connectivity index (χ0n) is 18.2. The average molecular weight is 449 g/mol. The number of carbonyl (C=O) groups is 1. The van der Waals surface area contributed by atoms with Gasteiger partial charge < -0.3 is 15.3 Å². The van der Waals surface area contributed by atoms with E-state index in [1.54, 1.807) is 6.07 Å². The van der Waals surface area contributed by atoms with E-state index in [0.29, 0.717) is 48.9 Å². The SMILES string of the molecule is CC1CN(S(C)(=O)=O)CCN1c1cccc(C(=O)NC2C3CC4CC2CC(O)(C4)C3)n1. The highest BCUT2D eigenvalue weighted by Gasteiger charge is 2.55. The summed E-state index contributed by atoms with van der Waals surface area (Å²) in [7, 11) is -3.21. The van der Waals surface area contributed by atoms with Crippen LogP contribution in [0.5, 0.6) is 0 Å². The quantitative estimate of drug-likeness (QED) is 0.718. The molecule has 5 fully saturated rings. The van der Waals surface area contributed by atoms with Crippen LogP contribution in [0, 0.1) is 17.8 Å². The van der Waals surface area contributed by atoms with Gasteiger partial charge in [0.1, 0.15) is 11.5 Å². The maximum absolute atomic E-state index is 13.1. The van der Waals surface area contributed by atoms with Crippen molar-refractivity contribution in [3.8, 4) is 0 Å². The second kappa shape index (κ2) is 7.42. The third kappa shape index (κ3) is 3.96. The average Bonchev–Trinajstić information content (AvgIpc) is 2.68. The predicted octanol–water partition coefficient (Wildman–Crippen LogP) is 1.22. The van der Waals surface area contributed by atoms with E-state index in [1.165, 1.54) is 10.6 Å². The van der Waals surface area contributed by atoms with E-state index in [4.69, 9.17) is 0 Å². The Hall–Kier alpha value is -1.71. The molecule has 0 aromatic carbocycles. The Kier molecular flexibility index (Phi) is 5.06. The van der Waals surface area contributed by atoms with Crippen LogP contribution >= 0.6 is 0 Å². The molecule has 4 aliphatic carbocycles. The molecular formula is C22H32N4O4S. The van der Waals surface area contributed by atoms with Crippen molar-refractivity contribution >= 4 is 21.7 Å². The number of nitrogens with one attached hydrogen (secondary N) is 1. The van der Waals surface area contributed by atoms with Gasteiger partial charge in [-0.1, -0.05) is 6.07 Å². The minimum Gasteiger partial charge on any atom is -0.390 e. The van der Waals surface area contributed by atoms with Gasteiger partial charge in [-0.2, -0.15) is 4.31 Å². The molecule has 1 amide bonds. The summed E-state index contributed by atoms with van der Waals surface area (Å²) in [6, 6.07) is 5.54. The van der Waals surface area contributed by atoms with Gasteiger partial charge in [-0.25, -0.2) is 13.4 Å². The standard InChI is InChI=1S/C22H32N4O4S/c1-14-13-25(31(2,29)30)6-7-26(14)19-5-3-4-18(23-19)21(27)24-20-16-8-15-9-17(20)12-22(28,10-15)11-16/h3-5,14-17,20,28H,6-13H2,1-2H3,(H,24,27). The highest BCUT2D eigenvalue weighted by molar-refractivity contribution is 7.88. The molecule has 2 N–H and O–H groups in total. The number of sulfonamides is 1. The number of nitrogens with zero attached hydrogens (tertiary/aromatic N) is 3. The molecule has 2 heterocycles. The number of carbonyl (C=O) groups excluding carboxylic acids is 1. The fraction of sp³-hybridized carbons (Fsp3) is 0.727. The Morgan fingerprint density at radius 1 is 1.19 bits per heavy atom. The summed E-state index contributed by atoms with van der Waals surface area (Å²) >= 11 is 0. The first-order valence-electron chi connectivity index (χ1n) is 11.3. The molecule has 3 unspecified atom stereocenters. The summed E-state index contributed by atoms with van der Waals surface area (Å²) in [5, 5.41) is 14.0. The largest absolute Gasteiger partial charge is 0.390 e. The lowest BCUT2D eigenvalue weighted by Crippen LogP contribution is -2.61. The summed E-state index contributed by atoms with van der Waals surface area (Å²) in [5.41, 5.74) is -0.122. The highest BCUT2D eigenvalue weighted by Crippen LogP contribution is 2.55. The van der Waals surface area contributed by atoms with E-state index >= 15 is 0 Å². The minimum absolute atomic E-state index is 0.0283. The number of hydrogen-bond acceptors (Lipinski definition) is 6. The smallest absolute Gasteiger partial charge is 0.270 e. The Morgan fingerprint density at radius 2 is 1.90 bits per heavy atom. The van der Waals surface area contributed by atoms with Crippen molar-refractivity contribution in [2.45, 2.75) is 56.7 Å². The van der Waals surface area contributed by atoms with Crippen molar-refractivity contribution in [1.82, 2.24) is 14.6 Å². The monoisotopic (exact) mass is 448 g/mol. The van der Waals surface area contributed by atoms with Crippen LogP contribution in [0.4, 0.5) is 5.82 Å². The first-order chi connectivity index (χ1) is 14.6. The number of aromatic nitrogens is 1. The van der Waals surface area contributed by atoms with Crippen LogP contribution in [-0.2, 0) is 10.0 Å². The molecule has 170 valence electrons. The van der Waals surface area contributed by atoms with Crippen LogP contribution in [0.3, 0.4) is 0 Å². The van der Waals surface area contributed by atoms with E-state index < -0.39 is 15.6 Å². The van der Waals surface area contributed by atoms with Crippen LogP contribution in [0.2, 0.25) is 0 Å². The Labute approximate surface area is 184 Å². The molecule has 1 aromatic rings. The summed E-state index contributed by atoms with van der Waals surface area (Å²) in [5.74, 6) is 1.85. The molecular weight excluding hydrogens is 416 g/mol. The minimum atomic E-state index is -3.21. The maximum atomic E-state index is 13.1. The summed E-state index contributed by atoms with van der Waals surface area (Å²) in [6.45, 7) is 3.34. The van der Waals surface area contributed by atoms with Crippen LogP contribution in [0.15, 0.2) is 18.2 Å². The van der Waals surface area contributed by atoms with E-state index in [-0.39, 0.29) is 18.0 Å². The topological polar surface area (TPSA) is 103 Å². The summed E-state index contributed by atoms with van der Waals surface area (Å²) in [4.78, 5) is 19.8. The van der Waals surface area contributed by atoms with Gasteiger partial charge in [-0.05, 0) is 68.9 Å². The van der Waals surface area contributed by atoms with Gasteiger partial charge >= 0.3 is 0 Å². The van der Waals surface area contributed by atoms with Crippen LogP contribution in [0.25, 0.3) is 0 Å². The third-order valence-corrected chi connectivity index (χ3v) is 9.13. The van der Waals surface area contributed by atoms with Crippen molar-refractivity contribution in [3.63, 3.8) is 0 Å². The van der Waals surface area contributed by atoms with Crippen molar-refractivity contribution in [2.75, 3.05) is 30.8 Å². The van der Waals surface area contributed by atoms with Gasteiger partial charge in [-0.3, -0.25) is 4.79 Å². The molecule has 4 saturated carbocycles. The molecule has 31 heavy (non-hydrogen) atoms. The van der Waals surface area contributed by atoms with Crippen molar-refractivity contribution in [2.24, 2.45) is 17.8 Å². The van der Waals surface area contributed by atoms with Gasteiger partial charge in [0, 0.05) is 31.7 Å². The number of amides is 1. The van der Waals surface area contributed by atoms with Gasteiger partial charge in [0.2, 0.25) is 10.0 Å². The zero-order chi connectivity index (χ0) is 22.0. The van der Waals surface area contributed by atoms with Crippen LogP contribution < -0.4 is 10.2 Å². The number of rotatable bonds is 4. The number of piperazine rings is 1. The van der Waals surface area contributed by atoms with E-state index in [0.717, 1.165) is 32.1 Å². The molecule has 0 radical (unpaired) electrons. The molecule has 0 spiro atoms. The summed E-state index contributed by atoms with van der Waals surface area (Å²) < 4.78 is 25.2. The molecule has 6 rings (SSSR count). The second-order valence-electron chi connectivity index (χ2n) is 10.2. The highest BCUT2D eigenvalue weighted by atomic mass is 32.2. The first-order valence-corrected chi connectivity index (χ1v) is 13.2. The van der Waals surface area contributed by atoms with Gasteiger partial charge in [0.05, 0.1) is 11.9 Å².